The van der Waals surface area contributed by atoms with Crippen LogP contribution in [0.3, 0.4) is 0 Å². The van der Waals surface area contributed by atoms with E-state index in [0.29, 0.717) is 41.9 Å². The lowest BCUT2D eigenvalue weighted by molar-refractivity contribution is 0.0748. The van der Waals surface area contributed by atoms with Gasteiger partial charge in [-0.2, -0.15) is 10.4 Å². The molecule has 1 aromatic carbocycles. The number of benzene rings is 1. The average Bonchev–Trinajstić information content (AvgIpc) is 3.57. The molecule has 0 unspecified atom stereocenters. The van der Waals surface area contributed by atoms with E-state index in [1.807, 2.05) is 60.7 Å². The Bertz CT molecular complexity index is 1470. The van der Waals surface area contributed by atoms with Crippen LogP contribution in [0.1, 0.15) is 28.1 Å². The number of amides is 1. The molecule has 0 bridgehead atoms. The molecule has 0 aliphatic heterocycles. The number of carbonyl (C=O) groups excluding carboxylic acids is 1. The number of aromatic nitrogens is 4. The minimum absolute atomic E-state index is 0.189. The van der Waals surface area contributed by atoms with Crippen molar-refractivity contribution < 1.29 is 9.21 Å². The topological polar surface area (TPSA) is 101 Å². The number of nitrogens with zero attached hydrogens (tertiary/aromatic N) is 6. The fourth-order valence-corrected chi connectivity index (χ4v) is 3.97. The number of fused-ring (bicyclic) bond motifs is 1. The fourth-order valence-electron chi connectivity index (χ4n) is 3.97. The van der Waals surface area contributed by atoms with Gasteiger partial charge in [-0.25, -0.2) is 9.67 Å². The van der Waals surface area contributed by atoms with Crippen LogP contribution in [-0.2, 0) is 13.1 Å². The van der Waals surface area contributed by atoms with Crippen molar-refractivity contribution in [3.63, 3.8) is 0 Å². The smallest absolute Gasteiger partial charge is 0.255 e. The predicted octanol–water partition coefficient (Wildman–Crippen LogP) is 4.69. The van der Waals surface area contributed by atoms with Gasteiger partial charge in [-0.15, -0.1) is 0 Å². The number of rotatable bonds is 8. The third kappa shape index (κ3) is 4.80. The van der Waals surface area contributed by atoms with E-state index in [-0.39, 0.29) is 12.3 Å². The van der Waals surface area contributed by atoms with E-state index in [4.69, 9.17) is 9.40 Å². The highest BCUT2D eigenvalue weighted by Crippen LogP contribution is 2.27. The molecule has 0 saturated heterocycles. The molecule has 5 aromatic rings. The molecule has 0 fully saturated rings. The minimum Gasteiger partial charge on any atom is -0.467 e. The first-order chi connectivity index (χ1) is 17.2. The third-order valence-corrected chi connectivity index (χ3v) is 5.67. The van der Waals surface area contributed by atoms with Crippen LogP contribution in [0.2, 0.25) is 0 Å². The summed E-state index contributed by atoms with van der Waals surface area (Å²) < 4.78 is 7.23. The summed E-state index contributed by atoms with van der Waals surface area (Å²) >= 11 is 0. The number of hydrogen-bond acceptors (Lipinski definition) is 6. The van der Waals surface area contributed by atoms with Gasteiger partial charge in [0.15, 0.2) is 5.65 Å². The molecule has 172 valence electrons. The van der Waals surface area contributed by atoms with Crippen LogP contribution in [0, 0.1) is 11.3 Å². The summed E-state index contributed by atoms with van der Waals surface area (Å²) in [4.78, 5) is 24.6. The second kappa shape index (κ2) is 10.0. The molecule has 0 saturated carbocycles. The van der Waals surface area contributed by atoms with E-state index < -0.39 is 0 Å². The zero-order chi connectivity index (χ0) is 24.0. The van der Waals surface area contributed by atoms with Crippen LogP contribution in [0.5, 0.6) is 0 Å². The zero-order valence-corrected chi connectivity index (χ0v) is 18.9. The summed E-state index contributed by atoms with van der Waals surface area (Å²) in [6.45, 7) is 1.04. The molecular weight excluding hydrogens is 440 g/mol. The summed E-state index contributed by atoms with van der Waals surface area (Å²) in [7, 11) is 0. The molecule has 0 N–H and O–H groups in total. The molecule has 8 heteroatoms. The highest BCUT2D eigenvalue weighted by Gasteiger charge is 2.23. The first kappa shape index (κ1) is 22.0. The second-order valence-electron chi connectivity index (χ2n) is 8.04. The molecule has 0 spiro atoms. The summed E-state index contributed by atoms with van der Waals surface area (Å²) in [5.41, 5.74) is 3.53. The van der Waals surface area contributed by atoms with Crippen molar-refractivity contribution >= 4 is 16.9 Å². The van der Waals surface area contributed by atoms with Crippen molar-refractivity contribution in [1.29, 1.82) is 5.26 Å². The monoisotopic (exact) mass is 462 g/mol. The predicted molar refractivity (Wildman–Crippen MR) is 130 cm³/mol. The van der Waals surface area contributed by atoms with Gasteiger partial charge in [-0.3, -0.25) is 9.78 Å². The number of carbonyl (C=O) groups is 1. The lowest BCUT2D eigenvalue weighted by Gasteiger charge is -2.22. The second-order valence-corrected chi connectivity index (χ2v) is 8.04. The highest BCUT2D eigenvalue weighted by molar-refractivity contribution is 6.06. The number of pyridine rings is 2. The van der Waals surface area contributed by atoms with Gasteiger partial charge in [-0.05, 0) is 29.8 Å². The van der Waals surface area contributed by atoms with Gasteiger partial charge in [0.25, 0.3) is 5.91 Å². The fraction of sp³-hybridized carbons (Fsp3) is 0.148. The van der Waals surface area contributed by atoms with E-state index in [1.54, 1.807) is 34.4 Å². The van der Waals surface area contributed by atoms with Gasteiger partial charge in [-0.1, -0.05) is 36.4 Å². The van der Waals surface area contributed by atoms with Crippen molar-refractivity contribution in [3.8, 4) is 17.3 Å². The van der Waals surface area contributed by atoms with Crippen LogP contribution in [0.15, 0.2) is 89.9 Å². The molecule has 8 nitrogen and oxygen atoms in total. The van der Waals surface area contributed by atoms with Crippen molar-refractivity contribution in [2.45, 2.75) is 19.5 Å². The van der Waals surface area contributed by atoms with Gasteiger partial charge in [0, 0.05) is 31.0 Å². The van der Waals surface area contributed by atoms with Crippen molar-refractivity contribution in [2.75, 3.05) is 6.54 Å². The van der Waals surface area contributed by atoms with E-state index in [9.17, 15) is 10.1 Å². The van der Waals surface area contributed by atoms with E-state index in [1.165, 1.54) is 0 Å². The van der Waals surface area contributed by atoms with Crippen LogP contribution in [-0.4, -0.2) is 37.1 Å². The van der Waals surface area contributed by atoms with Crippen LogP contribution >= 0.6 is 0 Å². The summed E-state index contributed by atoms with van der Waals surface area (Å²) in [5.74, 6) is 0.549. The molecule has 0 atom stereocenters. The van der Waals surface area contributed by atoms with Gasteiger partial charge in [0.2, 0.25) is 0 Å². The standard InChI is InChI=1S/C27H22N6O2/c28-11-6-13-32(18-20-7-4-12-29-16-20)27(34)23-15-25(21-8-2-1-3-9-21)31-26-24(23)17-30-33(26)19-22-10-5-14-35-22/h1-5,7-10,12,14-17H,6,13,18-19H2. The lowest BCUT2D eigenvalue weighted by Crippen LogP contribution is -2.31. The van der Waals surface area contributed by atoms with Crippen molar-refractivity contribution in [3.05, 3.63) is 102 Å². The summed E-state index contributed by atoms with van der Waals surface area (Å²) in [6.07, 6.45) is 6.93. The Balaban J connectivity index is 1.60. The Hall–Kier alpha value is -4.77. The van der Waals surface area contributed by atoms with Gasteiger partial charge >= 0.3 is 0 Å². The molecule has 1 amide bonds. The summed E-state index contributed by atoms with van der Waals surface area (Å²) in [6, 6.07) is 21.1. The Labute approximate surface area is 202 Å². The van der Waals surface area contributed by atoms with Crippen molar-refractivity contribution in [2.24, 2.45) is 0 Å². The molecule has 4 aromatic heterocycles. The molecule has 4 heterocycles. The first-order valence-electron chi connectivity index (χ1n) is 11.2. The highest BCUT2D eigenvalue weighted by atomic mass is 16.3. The zero-order valence-electron chi connectivity index (χ0n) is 18.9. The van der Waals surface area contributed by atoms with Crippen LogP contribution in [0.4, 0.5) is 0 Å². The lowest BCUT2D eigenvalue weighted by atomic mass is 10.1. The molecular formula is C27H22N6O2. The molecule has 0 aliphatic carbocycles. The maximum absolute atomic E-state index is 13.9. The third-order valence-electron chi connectivity index (χ3n) is 5.67. The van der Waals surface area contributed by atoms with Crippen LogP contribution in [0.25, 0.3) is 22.3 Å². The Morgan fingerprint density at radius 3 is 2.71 bits per heavy atom. The van der Waals surface area contributed by atoms with Crippen molar-refractivity contribution in [1.82, 2.24) is 24.6 Å². The number of hydrogen-bond donors (Lipinski definition) is 0. The Kier molecular flexibility index (Phi) is 6.31. The molecule has 35 heavy (non-hydrogen) atoms. The maximum Gasteiger partial charge on any atom is 0.255 e. The molecule has 0 radical (unpaired) electrons. The van der Waals surface area contributed by atoms with E-state index in [0.717, 1.165) is 16.9 Å². The average molecular weight is 463 g/mol. The quantitative estimate of drug-likeness (QED) is 0.332. The minimum atomic E-state index is -0.189. The SMILES string of the molecule is N#CCCN(Cc1cccnc1)C(=O)c1cc(-c2ccccc2)nc2c1cnn2Cc1ccco1. The van der Waals surface area contributed by atoms with Crippen LogP contribution < -0.4 is 0 Å². The molecule has 0 aliphatic rings. The Morgan fingerprint density at radius 1 is 1.09 bits per heavy atom. The molecule has 5 rings (SSSR count). The number of nitriles is 1. The Morgan fingerprint density at radius 2 is 1.97 bits per heavy atom. The van der Waals surface area contributed by atoms with Gasteiger partial charge in [0.05, 0.1) is 41.6 Å². The first-order valence-corrected chi connectivity index (χ1v) is 11.2. The number of furan rings is 1. The van der Waals surface area contributed by atoms with Gasteiger partial charge in [0.1, 0.15) is 12.3 Å². The largest absolute Gasteiger partial charge is 0.467 e. The maximum atomic E-state index is 13.9. The van der Waals surface area contributed by atoms with E-state index >= 15 is 0 Å². The van der Waals surface area contributed by atoms with Gasteiger partial charge < -0.3 is 9.32 Å². The van der Waals surface area contributed by atoms with E-state index in [2.05, 4.69) is 16.2 Å². The normalized spacial score (nSPS) is 10.8. The summed E-state index contributed by atoms with van der Waals surface area (Å²) in [5, 5.41) is 14.4.